The number of carbonyl (C=O) groups is 2. The molecule has 1 aliphatic rings. The van der Waals surface area contributed by atoms with Gasteiger partial charge < -0.3 is 21.1 Å². The largest absolute Gasteiger partial charge is 0.492 e. The van der Waals surface area contributed by atoms with Crippen LogP contribution in [0.4, 0.5) is 5.69 Å². The van der Waals surface area contributed by atoms with Gasteiger partial charge in [-0.3, -0.25) is 9.59 Å². The summed E-state index contributed by atoms with van der Waals surface area (Å²) >= 11 is 0. The van der Waals surface area contributed by atoms with Crippen LogP contribution in [0.15, 0.2) is 24.3 Å². The van der Waals surface area contributed by atoms with Crippen LogP contribution in [0.2, 0.25) is 0 Å². The van der Waals surface area contributed by atoms with E-state index in [0.717, 1.165) is 0 Å². The second kappa shape index (κ2) is 6.19. The Morgan fingerprint density at radius 3 is 3.05 bits per heavy atom. The average Bonchev–Trinajstić information content (AvgIpc) is 2.83. The third-order valence-electron chi connectivity index (χ3n) is 2.80. The summed E-state index contributed by atoms with van der Waals surface area (Å²) in [6, 6.07) is 6.63. The fraction of sp³-hybridized carbons (Fsp3) is 0.385. The molecule has 6 heteroatoms. The lowest BCUT2D eigenvalue weighted by Crippen LogP contribution is -2.37. The van der Waals surface area contributed by atoms with E-state index < -0.39 is 6.04 Å². The molecule has 0 radical (unpaired) electrons. The third-order valence-corrected chi connectivity index (χ3v) is 2.80. The summed E-state index contributed by atoms with van der Waals surface area (Å²) in [6.07, 6.45) is 0.936. The van der Waals surface area contributed by atoms with E-state index >= 15 is 0 Å². The number of benzene rings is 1. The second-order valence-corrected chi connectivity index (χ2v) is 4.31. The molecule has 0 aromatic heterocycles. The molecule has 6 nitrogen and oxygen atoms in total. The van der Waals surface area contributed by atoms with Crippen molar-refractivity contribution in [1.82, 2.24) is 5.32 Å². The van der Waals surface area contributed by atoms with Crippen LogP contribution in [-0.4, -0.2) is 31.0 Å². The lowest BCUT2D eigenvalue weighted by atomic mass is 10.2. The Labute approximate surface area is 111 Å². The number of hydrogen-bond donors (Lipinski definition) is 3. The van der Waals surface area contributed by atoms with E-state index in [-0.39, 0.29) is 11.8 Å². The van der Waals surface area contributed by atoms with E-state index in [1.807, 2.05) is 0 Å². The van der Waals surface area contributed by atoms with Crippen molar-refractivity contribution in [3.05, 3.63) is 24.3 Å². The molecule has 19 heavy (non-hydrogen) atoms. The topological polar surface area (TPSA) is 93.4 Å². The van der Waals surface area contributed by atoms with Crippen LogP contribution >= 0.6 is 0 Å². The predicted molar refractivity (Wildman–Crippen MR) is 70.8 cm³/mol. The number of nitrogens with two attached hydrogens (primary N) is 1. The van der Waals surface area contributed by atoms with E-state index in [4.69, 9.17) is 10.5 Å². The molecule has 0 bridgehead atoms. The van der Waals surface area contributed by atoms with Crippen molar-refractivity contribution in [3.8, 4) is 5.75 Å². The summed E-state index contributed by atoms with van der Waals surface area (Å²) < 4.78 is 5.37. The highest BCUT2D eigenvalue weighted by Crippen LogP contribution is 2.18. The van der Waals surface area contributed by atoms with Crippen LogP contribution in [-0.2, 0) is 9.59 Å². The summed E-state index contributed by atoms with van der Waals surface area (Å²) in [5.41, 5.74) is 6.00. The molecule has 1 aromatic rings. The van der Waals surface area contributed by atoms with Gasteiger partial charge in [-0.1, -0.05) is 6.07 Å². The Balaban J connectivity index is 1.94. The quantitative estimate of drug-likeness (QED) is 0.709. The van der Waals surface area contributed by atoms with Crippen molar-refractivity contribution in [2.45, 2.75) is 18.9 Å². The van der Waals surface area contributed by atoms with Crippen molar-refractivity contribution in [2.24, 2.45) is 5.73 Å². The van der Waals surface area contributed by atoms with Crippen LogP contribution in [0, 0.1) is 0 Å². The van der Waals surface area contributed by atoms with Crippen LogP contribution in [0.25, 0.3) is 0 Å². The molecule has 4 N–H and O–H groups in total. The highest BCUT2D eigenvalue weighted by molar-refractivity contribution is 5.99. The zero-order valence-electron chi connectivity index (χ0n) is 10.5. The molecule has 0 spiro atoms. The Kier molecular flexibility index (Phi) is 4.35. The van der Waals surface area contributed by atoms with Gasteiger partial charge >= 0.3 is 0 Å². The van der Waals surface area contributed by atoms with Gasteiger partial charge in [0.15, 0.2) is 0 Å². The number of carbonyl (C=O) groups excluding carboxylic acids is 2. The number of amides is 2. The van der Waals surface area contributed by atoms with Gasteiger partial charge in [-0.05, 0) is 18.6 Å². The SMILES string of the molecule is NCCOc1cccc(NC(=O)C2CCC(=O)N2)c1. The van der Waals surface area contributed by atoms with Crippen molar-refractivity contribution in [3.63, 3.8) is 0 Å². The smallest absolute Gasteiger partial charge is 0.246 e. The van der Waals surface area contributed by atoms with Crippen molar-refractivity contribution < 1.29 is 14.3 Å². The summed E-state index contributed by atoms with van der Waals surface area (Å²) in [5, 5.41) is 5.38. The average molecular weight is 263 g/mol. The Morgan fingerprint density at radius 2 is 2.37 bits per heavy atom. The van der Waals surface area contributed by atoms with Crippen LogP contribution in [0.3, 0.4) is 0 Å². The second-order valence-electron chi connectivity index (χ2n) is 4.31. The third kappa shape index (κ3) is 3.69. The molecule has 102 valence electrons. The molecule has 1 heterocycles. The van der Waals surface area contributed by atoms with Gasteiger partial charge in [-0.15, -0.1) is 0 Å². The van der Waals surface area contributed by atoms with Gasteiger partial charge in [0.25, 0.3) is 0 Å². The van der Waals surface area contributed by atoms with E-state index in [1.54, 1.807) is 24.3 Å². The van der Waals surface area contributed by atoms with Crippen molar-refractivity contribution in [2.75, 3.05) is 18.5 Å². The van der Waals surface area contributed by atoms with Crippen LogP contribution in [0.5, 0.6) is 5.75 Å². The first-order valence-electron chi connectivity index (χ1n) is 6.22. The Bertz CT molecular complexity index is 476. The molecule has 0 saturated carbocycles. The fourth-order valence-corrected chi connectivity index (χ4v) is 1.88. The first kappa shape index (κ1) is 13.4. The predicted octanol–water partition coefficient (Wildman–Crippen LogP) is 0.241. The van der Waals surface area contributed by atoms with Gasteiger partial charge in [0, 0.05) is 24.7 Å². The summed E-state index contributed by atoms with van der Waals surface area (Å²) in [7, 11) is 0. The Morgan fingerprint density at radius 1 is 1.53 bits per heavy atom. The number of nitrogens with one attached hydrogen (secondary N) is 2. The van der Waals surface area contributed by atoms with E-state index in [1.165, 1.54) is 0 Å². The molecule has 1 aliphatic heterocycles. The normalized spacial score (nSPS) is 17.9. The zero-order chi connectivity index (χ0) is 13.7. The molecule has 1 aromatic carbocycles. The number of anilines is 1. The first-order chi connectivity index (χ1) is 9.19. The number of hydrogen-bond acceptors (Lipinski definition) is 4. The van der Waals surface area contributed by atoms with E-state index in [9.17, 15) is 9.59 Å². The van der Waals surface area contributed by atoms with Crippen LogP contribution < -0.4 is 21.1 Å². The number of rotatable bonds is 5. The lowest BCUT2D eigenvalue weighted by Gasteiger charge is -2.12. The molecule has 2 rings (SSSR count). The fourth-order valence-electron chi connectivity index (χ4n) is 1.88. The first-order valence-corrected chi connectivity index (χ1v) is 6.22. The molecular formula is C13H17N3O3. The minimum absolute atomic E-state index is 0.0832. The molecule has 1 fully saturated rings. The molecule has 2 amide bonds. The molecule has 1 atom stereocenters. The van der Waals surface area contributed by atoms with Gasteiger partial charge in [-0.25, -0.2) is 0 Å². The van der Waals surface area contributed by atoms with E-state index in [0.29, 0.717) is 37.4 Å². The zero-order valence-corrected chi connectivity index (χ0v) is 10.5. The maximum Gasteiger partial charge on any atom is 0.246 e. The molecule has 1 unspecified atom stereocenters. The standard InChI is InChI=1S/C13H17N3O3/c14-6-7-19-10-3-1-2-9(8-10)15-13(18)11-4-5-12(17)16-11/h1-3,8,11H,4-7,14H2,(H,15,18)(H,16,17). The maximum atomic E-state index is 11.9. The maximum absolute atomic E-state index is 11.9. The number of ether oxygens (including phenoxy) is 1. The van der Waals surface area contributed by atoms with Crippen molar-refractivity contribution >= 4 is 17.5 Å². The lowest BCUT2D eigenvalue weighted by molar-refractivity contribution is -0.122. The van der Waals surface area contributed by atoms with Gasteiger partial charge in [0.2, 0.25) is 11.8 Å². The molecule has 0 aliphatic carbocycles. The monoisotopic (exact) mass is 263 g/mol. The molecular weight excluding hydrogens is 246 g/mol. The van der Waals surface area contributed by atoms with Gasteiger partial charge in [0.05, 0.1) is 0 Å². The van der Waals surface area contributed by atoms with Crippen LogP contribution in [0.1, 0.15) is 12.8 Å². The highest BCUT2D eigenvalue weighted by Gasteiger charge is 2.27. The summed E-state index contributed by atoms with van der Waals surface area (Å²) in [6.45, 7) is 0.862. The van der Waals surface area contributed by atoms with E-state index in [2.05, 4.69) is 10.6 Å². The summed E-state index contributed by atoms with van der Waals surface area (Å²) in [5.74, 6) is 0.362. The summed E-state index contributed by atoms with van der Waals surface area (Å²) in [4.78, 5) is 23.0. The van der Waals surface area contributed by atoms with Gasteiger partial charge in [0.1, 0.15) is 18.4 Å². The van der Waals surface area contributed by atoms with Gasteiger partial charge in [-0.2, -0.15) is 0 Å². The molecule has 1 saturated heterocycles. The van der Waals surface area contributed by atoms with Crippen molar-refractivity contribution in [1.29, 1.82) is 0 Å². The Hall–Kier alpha value is -2.08. The highest BCUT2D eigenvalue weighted by atomic mass is 16.5. The minimum Gasteiger partial charge on any atom is -0.492 e. The minimum atomic E-state index is -0.443.